The van der Waals surface area contributed by atoms with E-state index in [2.05, 4.69) is 70.5 Å². The molecule has 0 aliphatic carbocycles. The van der Waals surface area contributed by atoms with Crippen LogP contribution in [0.3, 0.4) is 0 Å². The number of furan rings is 1. The molecule has 106 valence electrons. The van der Waals surface area contributed by atoms with E-state index >= 15 is 0 Å². The van der Waals surface area contributed by atoms with Gasteiger partial charge in [-0.2, -0.15) is 0 Å². The highest BCUT2D eigenvalue weighted by molar-refractivity contribution is 9.10. The van der Waals surface area contributed by atoms with E-state index in [1.54, 1.807) is 0 Å². The van der Waals surface area contributed by atoms with Gasteiger partial charge in [0.05, 0.1) is 0 Å². The molecule has 0 spiro atoms. The van der Waals surface area contributed by atoms with E-state index in [9.17, 15) is 0 Å². The number of benzene rings is 3. The topological polar surface area (TPSA) is 13.1 Å². The van der Waals surface area contributed by atoms with Gasteiger partial charge in [0.1, 0.15) is 11.3 Å². The van der Waals surface area contributed by atoms with E-state index in [0.717, 1.165) is 26.8 Å². The van der Waals surface area contributed by atoms with Crippen molar-refractivity contribution in [3.8, 4) is 22.5 Å². The smallest absolute Gasteiger partial charge is 0.135 e. The Hall–Kier alpha value is -2.32. The van der Waals surface area contributed by atoms with Crippen molar-refractivity contribution in [3.63, 3.8) is 0 Å². The third kappa shape index (κ3) is 2.36. The minimum atomic E-state index is 0.894. The summed E-state index contributed by atoms with van der Waals surface area (Å²) in [4.78, 5) is 0. The summed E-state index contributed by atoms with van der Waals surface area (Å²) in [6.45, 7) is 0. The summed E-state index contributed by atoms with van der Waals surface area (Å²) in [5.41, 5.74) is 4.35. The molecule has 3 aromatic carbocycles. The molecule has 1 nitrogen and oxygen atoms in total. The second-order valence-corrected chi connectivity index (χ2v) is 6.06. The van der Waals surface area contributed by atoms with Gasteiger partial charge in [-0.3, -0.25) is 0 Å². The molecule has 4 aromatic rings. The third-order valence-electron chi connectivity index (χ3n) is 3.76. The molecule has 0 saturated carbocycles. The molecule has 0 aliphatic rings. The third-order valence-corrected chi connectivity index (χ3v) is 4.45. The minimum Gasteiger partial charge on any atom is -0.456 e. The van der Waals surface area contributed by atoms with Gasteiger partial charge < -0.3 is 4.42 Å². The Balaban J connectivity index is 1.86. The first kappa shape index (κ1) is 13.4. The summed E-state index contributed by atoms with van der Waals surface area (Å²) < 4.78 is 7.05. The van der Waals surface area contributed by atoms with Crippen LogP contribution < -0.4 is 0 Å². The maximum absolute atomic E-state index is 5.97. The Kier molecular flexibility index (Phi) is 3.32. The maximum atomic E-state index is 5.97. The first-order valence-electron chi connectivity index (χ1n) is 7.15. The molecule has 0 amide bonds. The highest BCUT2D eigenvalue weighted by Gasteiger charge is 2.09. The predicted molar refractivity (Wildman–Crippen MR) is 94.8 cm³/mol. The molecule has 0 bridgehead atoms. The van der Waals surface area contributed by atoms with Crippen molar-refractivity contribution in [1.82, 2.24) is 0 Å². The summed E-state index contributed by atoms with van der Waals surface area (Å²) in [6.07, 6.45) is 0. The highest BCUT2D eigenvalue weighted by Crippen LogP contribution is 2.34. The van der Waals surface area contributed by atoms with Crippen LogP contribution in [0.15, 0.2) is 87.8 Å². The lowest BCUT2D eigenvalue weighted by Gasteiger charge is -2.07. The zero-order valence-corrected chi connectivity index (χ0v) is 13.4. The van der Waals surface area contributed by atoms with E-state index in [4.69, 9.17) is 4.42 Å². The Morgan fingerprint density at radius 2 is 1.45 bits per heavy atom. The Bertz CT molecular complexity index is 905. The zero-order valence-electron chi connectivity index (χ0n) is 11.8. The van der Waals surface area contributed by atoms with Crippen molar-refractivity contribution in [2.24, 2.45) is 0 Å². The molecule has 0 radical (unpaired) electrons. The van der Waals surface area contributed by atoms with Crippen molar-refractivity contribution >= 4 is 26.9 Å². The van der Waals surface area contributed by atoms with E-state index in [0.29, 0.717) is 0 Å². The second-order valence-electron chi connectivity index (χ2n) is 5.21. The Morgan fingerprint density at radius 3 is 2.27 bits per heavy atom. The molecule has 0 N–H and O–H groups in total. The lowest BCUT2D eigenvalue weighted by molar-refractivity contribution is 0.631. The van der Waals surface area contributed by atoms with Crippen LogP contribution in [-0.2, 0) is 0 Å². The van der Waals surface area contributed by atoms with Crippen LogP contribution in [0.25, 0.3) is 33.4 Å². The quantitative estimate of drug-likeness (QED) is 0.401. The summed E-state index contributed by atoms with van der Waals surface area (Å²) in [7, 11) is 0. The summed E-state index contributed by atoms with van der Waals surface area (Å²) >= 11 is 3.64. The largest absolute Gasteiger partial charge is 0.456 e. The minimum absolute atomic E-state index is 0.894. The lowest BCUT2D eigenvalue weighted by atomic mass is 10.0. The molecule has 0 aliphatic heterocycles. The van der Waals surface area contributed by atoms with Crippen LogP contribution in [-0.4, -0.2) is 0 Å². The lowest BCUT2D eigenvalue weighted by Crippen LogP contribution is -1.82. The molecule has 0 fully saturated rings. The van der Waals surface area contributed by atoms with Gasteiger partial charge in [0.25, 0.3) is 0 Å². The second kappa shape index (κ2) is 5.47. The molecule has 0 saturated heterocycles. The SMILES string of the molecule is Brc1ccc(-c2cc3ccccc3o2)cc1-c1ccccc1. The number of halogens is 1. The van der Waals surface area contributed by atoms with Gasteiger partial charge in [-0.1, -0.05) is 70.5 Å². The monoisotopic (exact) mass is 348 g/mol. The molecular formula is C20H13BrO. The number of fused-ring (bicyclic) bond motifs is 1. The van der Waals surface area contributed by atoms with Crippen molar-refractivity contribution in [2.45, 2.75) is 0 Å². The van der Waals surface area contributed by atoms with Gasteiger partial charge in [0.2, 0.25) is 0 Å². The molecule has 1 heterocycles. The normalized spacial score (nSPS) is 11.0. The number of hydrogen-bond acceptors (Lipinski definition) is 1. The average molecular weight is 349 g/mol. The van der Waals surface area contributed by atoms with Gasteiger partial charge in [-0.25, -0.2) is 0 Å². The molecular weight excluding hydrogens is 336 g/mol. The van der Waals surface area contributed by atoms with Gasteiger partial charge in [0, 0.05) is 15.4 Å². The average Bonchev–Trinajstić information content (AvgIpc) is 3.00. The van der Waals surface area contributed by atoms with Gasteiger partial charge in [0.15, 0.2) is 0 Å². The predicted octanol–water partition coefficient (Wildman–Crippen LogP) is 6.53. The fourth-order valence-electron chi connectivity index (χ4n) is 2.64. The molecule has 0 unspecified atom stereocenters. The van der Waals surface area contributed by atoms with Gasteiger partial charge in [-0.15, -0.1) is 0 Å². The summed E-state index contributed by atoms with van der Waals surface area (Å²) in [6, 6.07) is 26.8. The molecule has 0 atom stereocenters. The zero-order chi connectivity index (χ0) is 14.9. The molecule has 2 heteroatoms. The van der Waals surface area contributed by atoms with Crippen LogP contribution in [0.5, 0.6) is 0 Å². The molecule has 1 aromatic heterocycles. The first-order chi connectivity index (χ1) is 10.8. The number of hydrogen-bond donors (Lipinski definition) is 0. The summed E-state index contributed by atoms with van der Waals surface area (Å²) in [5, 5.41) is 1.13. The van der Waals surface area contributed by atoms with Gasteiger partial charge >= 0.3 is 0 Å². The van der Waals surface area contributed by atoms with E-state index in [1.165, 1.54) is 11.1 Å². The van der Waals surface area contributed by atoms with Crippen molar-refractivity contribution < 1.29 is 4.42 Å². The molecule has 22 heavy (non-hydrogen) atoms. The van der Waals surface area contributed by atoms with Crippen LogP contribution in [0.4, 0.5) is 0 Å². The highest BCUT2D eigenvalue weighted by atomic mass is 79.9. The van der Waals surface area contributed by atoms with Gasteiger partial charge in [-0.05, 0) is 35.4 Å². The van der Waals surface area contributed by atoms with E-state index in [1.807, 2.05) is 24.3 Å². The molecule has 4 rings (SSSR count). The number of para-hydroxylation sites is 1. The standard InChI is InChI=1S/C20H13BrO/c21-18-11-10-16(12-17(18)14-6-2-1-3-7-14)20-13-15-8-4-5-9-19(15)22-20/h1-13H. The fraction of sp³-hybridized carbons (Fsp3) is 0. The first-order valence-corrected chi connectivity index (χ1v) is 7.94. The maximum Gasteiger partial charge on any atom is 0.135 e. The van der Waals surface area contributed by atoms with Crippen molar-refractivity contribution in [3.05, 3.63) is 83.3 Å². The van der Waals surface area contributed by atoms with Crippen LogP contribution >= 0.6 is 15.9 Å². The van der Waals surface area contributed by atoms with Crippen LogP contribution in [0.2, 0.25) is 0 Å². The van der Waals surface area contributed by atoms with Crippen LogP contribution in [0.1, 0.15) is 0 Å². The Labute approximate surface area is 137 Å². The van der Waals surface area contributed by atoms with E-state index < -0.39 is 0 Å². The summed E-state index contributed by atoms with van der Waals surface area (Å²) in [5.74, 6) is 0.894. The number of rotatable bonds is 2. The fourth-order valence-corrected chi connectivity index (χ4v) is 3.12. The Morgan fingerprint density at radius 1 is 0.682 bits per heavy atom. The van der Waals surface area contributed by atoms with E-state index in [-0.39, 0.29) is 0 Å². The van der Waals surface area contributed by atoms with Crippen molar-refractivity contribution in [1.29, 1.82) is 0 Å². The van der Waals surface area contributed by atoms with Crippen molar-refractivity contribution in [2.75, 3.05) is 0 Å². The van der Waals surface area contributed by atoms with Crippen LogP contribution in [0, 0.1) is 0 Å².